The molecule has 1 unspecified atom stereocenters. The van der Waals surface area contributed by atoms with Crippen molar-refractivity contribution in [3.63, 3.8) is 0 Å². The molecule has 0 spiro atoms. The van der Waals surface area contributed by atoms with Gasteiger partial charge in [-0.1, -0.05) is 36.4 Å². The maximum absolute atomic E-state index is 9.15. The van der Waals surface area contributed by atoms with Crippen LogP contribution in [-0.2, 0) is 0 Å². The van der Waals surface area contributed by atoms with Crippen molar-refractivity contribution in [2.24, 2.45) is 5.41 Å². The molecule has 1 aliphatic heterocycles. The smallest absolute Gasteiger partial charge is 0.0587 e. The maximum atomic E-state index is 9.15. The topological polar surface area (TPSA) is 23.5 Å². The van der Waals surface area contributed by atoms with E-state index in [1.807, 2.05) is 0 Å². The highest BCUT2D eigenvalue weighted by atomic mass is 127. The molecule has 72 valence electrons. The Hall–Kier alpha value is 0.650. The van der Waals surface area contributed by atoms with Gasteiger partial charge in [-0.15, -0.1) is 0 Å². The minimum Gasteiger partial charge on any atom is -0.395 e. The summed E-state index contributed by atoms with van der Waals surface area (Å²) in [5, 5.41) is 9.15. The van der Waals surface area contributed by atoms with E-state index in [-0.39, 0.29) is 0 Å². The SMILES string of the molecule is CC1(C)CC(CO)N(CCI)C1. The molecule has 0 aromatic rings. The van der Waals surface area contributed by atoms with Crippen LogP contribution in [0.4, 0.5) is 0 Å². The average molecular weight is 283 g/mol. The third-order valence-electron chi connectivity index (χ3n) is 2.52. The number of alkyl halides is 1. The second-order valence-corrected chi connectivity index (χ2v) is 5.44. The van der Waals surface area contributed by atoms with Crippen LogP contribution in [0.2, 0.25) is 0 Å². The fourth-order valence-electron chi connectivity index (χ4n) is 2.06. The van der Waals surface area contributed by atoms with Crippen molar-refractivity contribution in [2.75, 3.05) is 24.1 Å². The Kier molecular flexibility index (Phi) is 3.79. The van der Waals surface area contributed by atoms with Gasteiger partial charge in [0.2, 0.25) is 0 Å². The van der Waals surface area contributed by atoms with Crippen molar-refractivity contribution in [1.82, 2.24) is 4.90 Å². The summed E-state index contributed by atoms with van der Waals surface area (Å²) in [4.78, 5) is 2.41. The molecule has 1 N–H and O–H groups in total. The Morgan fingerprint density at radius 1 is 1.58 bits per heavy atom. The van der Waals surface area contributed by atoms with E-state index in [9.17, 15) is 0 Å². The summed E-state index contributed by atoms with van der Waals surface area (Å²) >= 11 is 2.39. The zero-order valence-corrected chi connectivity index (χ0v) is 10.0. The molecule has 12 heavy (non-hydrogen) atoms. The number of likely N-dealkylation sites (tertiary alicyclic amines) is 1. The van der Waals surface area contributed by atoms with Gasteiger partial charge in [-0.2, -0.15) is 0 Å². The molecule has 2 nitrogen and oxygen atoms in total. The van der Waals surface area contributed by atoms with Crippen molar-refractivity contribution in [3.8, 4) is 0 Å². The van der Waals surface area contributed by atoms with E-state index >= 15 is 0 Å². The molecule has 0 aromatic carbocycles. The van der Waals surface area contributed by atoms with Crippen LogP contribution in [0.25, 0.3) is 0 Å². The Balaban J connectivity index is 2.50. The first-order chi connectivity index (χ1) is 5.59. The molecule has 0 bridgehead atoms. The molecule has 1 heterocycles. The minimum atomic E-state index is 0.320. The highest BCUT2D eigenvalue weighted by Gasteiger charge is 2.36. The van der Waals surface area contributed by atoms with Crippen molar-refractivity contribution < 1.29 is 5.11 Å². The number of hydrogen-bond acceptors (Lipinski definition) is 2. The monoisotopic (exact) mass is 283 g/mol. The summed E-state index contributed by atoms with van der Waals surface area (Å²) in [6, 6.07) is 0.412. The molecule has 1 aliphatic rings. The summed E-state index contributed by atoms with van der Waals surface area (Å²) in [5.74, 6) is 0. The van der Waals surface area contributed by atoms with Gasteiger partial charge in [0.1, 0.15) is 0 Å². The van der Waals surface area contributed by atoms with Gasteiger partial charge in [-0.25, -0.2) is 0 Å². The molecule has 0 radical (unpaired) electrons. The number of rotatable bonds is 3. The lowest BCUT2D eigenvalue weighted by atomic mass is 9.91. The standard InChI is InChI=1S/C9H18INO/c1-9(2)5-8(6-12)11(7-9)4-3-10/h8,12H,3-7H2,1-2H3. The number of nitrogens with zero attached hydrogens (tertiary/aromatic N) is 1. The van der Waals surface area contributed by atoms with E-state index in [0.29, 0.717) is 18.1 Å². The summed E-state index contributed by atoms with van der Waals surface area (Å²) in [6.45, 7) is 7.14. The fraction of sp³-hybridized carbons (Fsp3) is 1.00. The van der Waals surface area contributed by atoms with Gasteiger partial charge < -0.3 is 5.11 Å². The molecular formula is C9H18INO. The normalized spacial score (nSPS) is 29.5. The quantitative estimate of drug-likeness (QED) is 0.627. The molecule has 3 heteroatoms. The maximum Gasteiger partial charge on any atom is 0.0587 e. The molecule has 1 fully saturated rings. The van der Waals surface area contributed by atoms with E-state index in [1.54, 1.807) is 0 Å². The van der Waals surface area contributed by atoms with E-state index < -0.39 is 0 Å². The van der Waals surface area contributed by atoms with Crippen LogP contribution < -0.4 is 0 Å². The number of halogens is 1. The predicted octanol–water partition coefficient (Wildman–Crippen LogP) is 1.51. The van der Waals surface area contributed by atoms with Crippen LogP contribution in [0.1, 0.15) is 20.3 Å². The molecule has 0 aliphatic carbocycles. The molecule has 0 amide bonds. The second-order valence-electron chi connectivity index (χ2n) is 4.36. The van der Waals surface area contributed by atoms with Crippen LogP contribution in [0.15, 0.2) is 0 Å². The van der Waals surface area contributed by atoms with Gasteiger partial charge >= 0.3 is 0 Å². The van der Waals surface area contributed by atoms with Crippen LogP contribution in [0.5, 0.6) is 0 Å². The summed E-state index contributed by atoms with van der Waals surface area (Å²) < 4.78 is 1.16. The van der Waals surface area contributed by atoms with E-state index in [1.165, 1.54) is 0 Å². The number of aliphatic hydroxyl groups excluding tert-OH is 1. The van der Waals surface area contributed by atoms with Crippen LogP contribution in [0.3, 0.4) is 0 Å². The first kappa shape index (κ1) is 10.7. The first-order valence-corrected chi connectivity index (χ1v) is 6.02. The predicted molar refractivity (Wildman–Crippen MR) is 59.7 cm³/mol. The fourth-order valence-corrected chi connectivity index (χ4v) is 2.68. The zero-order valence-electron chi connectivity index (χ0n) is 7.89. The van der Waals surface area contributed by atoms with Crippen molar-refractivity contribution in [3.05, 3.63) is 0 Å². The summed E-state index contributed by atoms with van der Waals surface area (Å²) in [6.07, 6.45) is 1.14. The Bertz CT molecular complexity index is 149. The molecule has 0 aromatic heterocycles. The van der Waals surface area contributed by atoms with Crippen molar-refractivity contribution in [2.45, 2.75) is 26.3 Å². The molecule has 1 atom stereocenters. The third-order valence-corrected chi connectivity index (χ3v) is 3.00. The first-order valence-electron chi connectivity index (χ1n) is 4.50. The van der Waals surface area contributed by atoms with E-state index in [2.05, 4.69) is 41.3 Å². The number of hydrogen-bond donors (Lipinski definition) is 1. The number of aliphatic hydroxyl groups is 1. The second kappa shape index (κ2) is 4.24. The van der Waals surface area contributed by atoms with Gasteiger partial charge in [0, 0.05) is 23.6 Å². The van der Waals surface area contributed by atoms with Gasteiger partial charge in [0.15, 0.2) is 0 Å². The highest BCUT2D eigenvalue weighted by Crippen LogP contribution is 2.33. The minimum absolute atomic E-state index is 0.320. The average Bonchev–Trinajstić information content (AvgIpc) is 2.26. The largest absolute Gasteiger partial charge is 0.395 e. The van der Waals surface area contributed by atoms with Crippen molar-refractivity contribution in [1.29, 1.82) is 0 Å². The Morgan fingerprint density at radius 3 is 2.75 bits per heavy atom. The van der Waals surface area contributed by atoms with Gasteiger partial charge in [-0.3, -0.25) is 4.90 Å². The summed E-state index contributed by atoms with van der Waals surface area (Å²) in [5.41, 5.74) is 0.402. The third kappa shape index (κ3) is 2.57. The molecule has 0 saturated carbocycles. The van der Waals surface area contributed by atoms with E-state index in [4.69, 9.17) is 5.11 Å². The molecule has 1 rings (SSSR count). The Labute approximate surface area is 88.5 Å². The van der Waals surface area contributed by atoms with Crippen LogP contribution >= 0.6 is 22.6 Å². The van der Waals surface area contributed by atoms with Crippen molar-refractivity contribution >= 4 is 22.6 Å². The molecular weight excluding hydrogens is 265 g/mol. The summed E-state index contributed by atoms with van der Waals surface area (Å²) in [7, 11) is 0. The van der Waals surface area contributed by atoms with Crippen LogP contribution in [-0.4, -0.2) is 40.2 Å². The van der Waals surface area contributed by atoms with Crippen LogP contribution in [0, 0.1) is 5.41 Å². The van der Waals surface area contributed by atoms with E-state index in [0.717, 1.165) is 23.9 Å². The lowest BCUT2D eigenvalue weighted by Crippen LogP contribution is -2.33. The zero-order chi connectivity index (χ0) is 9.19. The highest BCUT2D eigenvalue weighted by molar-refractivity contribution is 14.1. The van der Waals surface area contributed by atoms with Gasteiger partial charge in [0.25, 0.3) is 0 Å². The van der Waals surface area contributed by atoms with Gasteiger partial charge in [-0.05, 0) is 11.8 Å². The van der Waals surface area contributed by atoms with Gasteiger partial charge in [0.05, 0.1) is 6.61 Å². The Morgan fingerprint density at radius 2 is 2.25 bits per heavy atom. The lowest BCUT2D eigenvalue weighted by molar-refractivity contribution is 0.165. The molecule has 1 saturated heterocycles. The lowest BCUT2D eigenvalue weighted by Gasteiger charge is -2.21.